The van der Waals surface area contributed by atoms with Crippen molar-refractivity contribution in [1.82, 2.24) is 4.90 Å². The molecule has 0 N–H and O–H groups in total. The monoisotopic (exact) mass is 581 g/mol. The smallest absolute Gasteiger partial charge is 0.412 e. The molecule has 0 unspecified atom stereocenters. The second-order valence-corrected chi connectivity index (χ2v) is 18.0. The number of ether oxygens (including phenoxy) is 3. The van der Waals surface area contributed by atoms with E-state index in [1.807, 2.05) is 46.8 Å². The molecular formula is C33H47NO6Si. The molecule has 7 nitrogen and oxygen atoms in total. The number of hydrogen-bond acceptors (Lipinski definition) is 6. The van der Waals surface area contributed by atoms with E-state index in [2.05, 4.69) is 69.3 Å². The average Bonchev–Trinajstić information content (AvgIpc) is 3.21. The number of carbonyl (C=O) groups excluding carboxylic acids is 2. The van der Waals surface area contributed by atoms with Crippen molar-refractivity contribution < 1.29 is 28.2 Å². The summed E-state index contributed by atoms with van der Waals surface area (Å²) < 4.78 is 25.9. The van der Waals surface area contributed by atoms with E-state index in [0.29, 0.717) is 19.4 Å². The summed E-state index contributed by atoms with van der Waals surface area (Å²) in [5.41, 5.74) is -1.51. The van der Waals surface area contributed by atoms with Crippen molar-refractivity contribution in [3.8, 4) is 0 Å². The van der Waals surface area contributed by atoms with Gasteiger partial charge in [-0.2, -0.15) is 0 Å². The zero-order valence-electron chi connectivity index (χ0n) is 25.9. The molecule has 0 bridgehead atoms. The van der Waals surface area contributed by atoms with Crippen LogP contribution in [0.25, 0.3) is 0 Å². The van der Waals surface area contributed by atoms with E-state index in [1.165, 1.54) is 10.4 Å². The first kappa shape index (κ1) is 31.4. The fourth-order valence-corrected chi connectivity index (χ4v) is 11.0. The summed E-state index contributed by atoms with van der Waals surface area (Å²) in [4.78, 5) is 26.8. The van der Waals surface area contributed by atoms with Crippen LogP contribution < -0.4 is 10.4 Å². The zero-order valence-corrected chi connectivity index (χ0v) is 26.9. The fraction of sp³-hybridized carbons (Fsp3) is 0.576. The highest BCUT2D eigenvalue weighted by molar-refractivity contribution is 6.99. The summed E-state index contributed by atoms with van der Waals surface area (Å²) in [7, 11) is -2.84. The molecule has 2 saturated heterocycles. The maximum absolute atomic E-state index is 13.4. The number of rotatable bonds is 7. The normalized spacial score (nSPS) is 25.1. The molecule has 4 atom stereocenters. The van der Waals surface area contributed by atoms with E-state index in [1.54, 1.807) is 4.90 Å². The first-order valence-electron chi connectivity index (χ1n) is 14.7. The fourth-order valence-electron chi connectivity index (χ4n) is 6.32. The lowest BCUT2D eigenvalue weighted by molar-refractivity contribution is -0.131. The van der Waals surface area contributed by atoms with Gasteiger partial charge in [-0.05, 0) is 56.5 Å². The molecule has 0 aromatic heterocycles. The summed E-state index contributed by atoms with van der Waals surface area (Å²) in [6, 6.07) is 20.7. The van der Waals surface area contributed by atoms with Gasteiger partial charge in [-0.15, -0.1) is 0 Å². The third-order valence-corrected chi connectivity index (χ3v) is 13.1. The molecule has 2 aliphatic heterocycles. The van der Waals surface area contributed by atoms with Gasteiger partial charge >= 0.3 is 6.09 Å². The van der Waals surface area contributed by atoms with Gasteiger partial charge in [0, 0.05) is 12.8 Å². The van der Waals surface area contributed by atoms with Crippen LogP contribution in [0.1, 0.15) is 74.7 Å². The van der Waals surface area contributed by atoms with Crippen LogP contribution >= 0.6 is 0 Å². The van der Waals surface area contributed by atoms with Gasteiger partial charge in [0.05, 0.1) is 31.0 Å². The first-order chi connectivity index (χ1) is 19.2. The molecule has 2 heterocycles. The minimum atomic E-state index is -2.84. The van der Waals surface area contributed by atoms with Gasteiger partial charge in [-0.25, -0.2) is 4.79 Å². The SMILES string of the molecule is CC(C)(C)OC(=O)N1[C@@H]([C@H]2C[C@H](O[Si](c3ccccc3)(c3ccccc3)C(C)(C)C)C[C@H](CC=O)O2)COC1(C)C. The van der Waals surface area contributed by atoms with Gasteiger partial charge in [-0.1, -0.05) is 81.4 Å². The molecule has 2 aromatic carbocycles. The van der Waals surface area contributed by atoms with Crippen LogP contribution in [0.5, 0.6) is 0 Å². The Kier molecular flexibility index (Phi) is 9.19. The Balaban J connectivity index is 1.73. The number of aldehydes is 1. The van der Waals surface area contributed by atoms with Gasteiger partial charge in [0.15, 0.2) is 0 Å². The molecule has 0 aliphatic carbocycles. The Morgan fingerprint density at radius 2 is 1.54 bits per heavy atom. The highest BCUT2D eigenvalue weighted by Crippen LogP contribution is 2.41. The van der Waals surface area contributed by atoms with Crippen molar-refractivity contribution in [3.63, 3.8) is 0 Å². The molecule has 2 fully saturated rings. The van der Waals surface area contributed by atoms with Crippen molar-refractivity contribution in [2.24, 2.45) is 0 Å². The molecule has 2 aromatic rings. The van der Waals surface area contributed by atoms with E-state index >= 15 is 0 Å². The predicted molar refractivity (Wildman–Crippen MR) is 163 cm³/mol. The minimum Gasteiger partial charge on any atom is -0.444 e. The van der Waals surface area contributed by atoms with Gasteiger partial charge in [0.1, 0.15) is 17.6 Å². The van der Waals surface area contributed by atoms with E-state index in [0.717, 1.165) is 6.29 Å². The van der Waals surface area contributed by atoms with E-state index in [4.69, 9.17) is 18.6 Å². The predicted octanol–water partition coefficient (Wildman–Crippen LogP) is 5.44. The molecule has 224 valence electrons. The summed E-state index contributed by atoms with van der Waals surface area (Å²) in [5.74, 6) is 0. The van der Waals surface area contributed by atoms with Gasteiger partial charge in [0.2, 0.25) is 0 Å². The van der Waals surface area contributed by atoms with Crippen LogP contribution in [0.15, 0.2) is 60.7 Å². The van der Waals surface area contributed by atoms with Crippen molar-refractivity contribution >= 4 is 31.1 Å². The molecule has 4 rings (SSSR count). The molecule has 8 heteroatoms. The lowest BCUT2D eigenvalue weighted by atomic mass is 9.95. The van der Waals surface area contributed by atoms with E-state index < -0.39 is 25.7 Å². The summed E-state index contributed by atoms with van der Waals surface area (Å²) in [5, 5.41) is 2.22. The largest absolute Gasteiger partial charge is 0.444 e. The Labute approximate surface area is 246 Å². The Bertz CT molecular complexity index is 1130. The molecule has 0 radical (unpaired) electrons. The molecule has 41 heavy (non-hydrogen) atoms. The third kappa shape index (κ3) is 6.77. The zero-order chi connectivity index (χ0) is 30.1. The van der Waals surface area contributed by atoms with Gasteiger partial charge < -0.3 is 23.4 Å². The summed E-state index contributed by atoms with van der Waals surface area (Å²) >= 11 is 0. The molecule has 2 aliphatic rings. The van der Waals surface area contributed by atoms with Gasteiger partial charge in [0.25, 0.3) is 8.32 Å². The Hall–Kier alpha value is -2.52. The topological polar surface area (TPSA) is 74.3 Å². The van der Waals surface area contributed by atoms with E-state index in [9.17, 15) is 9.59 Å². The van der Waals surface area contributed by atoms with E-state index in [-0.39, 0.29) is 35.8 Å². The Morgan fingerprint density at radius 3 is 2.02 bits per heavy atom. The maximum Gasteiger partial charge on any atom is 0.412 e. The van der Waals surface area contributed by atoms with Crippen LogP contribution in [0.2, 0.25) is 5.04 Å². The minimum absolute atomic E-state index is 0.186. The number of nitrogens with zero attached hydrogens (tertiary/aromatic N) is 1. The average molecular weight is 582 g/mol. The maximum atomic E-state index is 13.4. The van der Waals surface area contributed by atoms with Crippen LogP contribution in [0, 0.1) is 0 Å². The lowest BCUT2D eigenvalue weighted by Crippen LogP contribution is -2.68. The highest BCUT2D eigenvalue weighted by atomic mass is 28.4. The number of hydrogen-bond donors (Lipinski definition) is 0. The molecule has 1 amide bonds. The number of amides is 1. The van der Waals surface area contributed by atoms with Gasteiger partial charge in [-0.3, -0.25) is 4.90 Å². The molecule has 0 saturated carbocycles. The summed E-state index contributed by atoms with van der Waals surface area (Å²) in [6.45, 7) is 16.4. The van der Waals surface area contributed by atoms with Crippen molar-refractivity contribution in [2.45, 2.75) is 115 Å². The lowest BCUT2D eigenvalue weighted by Gasteiger charge is -2.48. The number of benzene rings is 2. The second-order valence-electron chi connectivity index (χ2n) is 13.7. The molecule has 0 spiro atoms. The van der Waals surface area contributed by atoms with Crippen molar-refractivity contribution in [2.75, 3.05) is 6.61 Å². The number of carbonyl (C=O) groups is 2. The van der Waals surface area contributed by atoms with Crippen LogP contribution in [0.4, 0.5) is 4.79 Å². The molecular weight excluding hydrogens is 534 g/mol. The van der Waals surface area contributed by atoms with Crippen LogP contribution in [0.3, 0.4) is 0 Å². The Morgan fingerprint density at radius 1 is 0.976 bits per heavy atom. The summed E-state index contributed by atoms with van der Waals surface area (Å²) in [6.07, 6.45) is 1.02. The van der Waals surface area contributed by atoms with Crippen LogP contribution in [-0.4, -0.2) is 67.9 Å². The van der Waals surface area contributed by atoms with Crippen molar-refractivity contribution in [3.05, 3.63) is 60.7 Å². The van der Waals surface area contributed by atoms with Crippen LogP contribution in [-0.2, 0) is 23.4 Å². The highest BCUT2D eigenvalue weighted by Gasteiger charge is 2.54. The second kappa shape index (κ2) is 12.0. The first-order valence-corrected chi connectivity index (χ1v) is 16.6. The standard InChI is InChI=1S/C33H47NO6Si/c1-31(2,3)39-30(36)34-28(23-37-33(34,7)8)29-22-25(21-24(38-29)19-20-35)40-41(32(4,5)6,26-15-11-9-12-16-26)27-17-13-10-14-18-27/h9-18,20,24-25,28-29H,19,21-23H2,1-8H3/t24-,25+,28+,29+/m0/s1. The van der Waals surface area contributed by atoms with Crippen molar-refractivity contribution in [1.29, 1.82) is 0 Å². The quantitative estimate of drug-likeness (QED) is 0.320. The third-order valence-electron chi connectivity index (χ3n) is 8.05.